The van der Waals surface area contributed by atoms with Gasteiger partial charge in [-0.1, -0.05) is 11.6 Å². The van der Waals surface area contributed by atoms with Gasteiger partial charge in [-0.25, -0.2) is 4.79 Å². The lowest BCUT2D eigenvalue weighted by Crippen LogP contribution is -2.32. The highest BCUT2D eigenvalue weighted by Gasteiger charge is 2.26. The topological polar surface area (TPSA) is 74.0 Å². The summed E-state index contributed by atoms with van der Waals surface area (Å²) >= 11 is 6.06. The first kappa shape index (κ1) is 16.0. The highest BCUT2D eigenvalue weighted by Crippen LogP contribution is 2.43. The van der Waals surface area contributed by atoms with Crippen molar-refractivity contribution >= 4 is 23.3 Å². The summed E-state index contributed by atoms with van der Waals surface area (Å²) in [7, 11) is 2.09. The molecular weight excluding hydrogens is 320 g/mol. The van der Waals surface area contributed by atoms with Crippen LogP contribution in [0.15, 0.2) is 18.6 Å². The monoisotopic (exact) mass is 338 g/mol. The van der Waals surface area contributed by atoms with E-state index in [-0.39, 0.29) is 27.8 Å². The van der Waals surface area contributed by atoms with Crippen molar-refractivity contribution in [3.8, 4) is 11.5 Å². The van der Waals surface area contributed by atoms with E-state index < -0.39 is 5.97 Å². The van der Waals surface area contributed by atoms with Crippen LogP contribution in [0.3, 0.4) is 0 Å². The predicted molar refractivity (Wildman–Crippen MR) is 86.8 cm³/mol. The third kappa shape index (κ3) is 3.38. The molecule has 23 heavy (non-hydrogen) atoms. The van der Waals surface area contributed by atoms with Crippen molar-refractivity contribution < 1.29 is 19.0 Å². The minimum Gasteiger partial charge on any atom is -0.462 e. The smallest absolute Gasteiger partial charge is 0.342 e. The van der Waals surface area contributed by atoms with Gasteiger partial charge in [0.15, 0.2) is 11.5 Å². The number of hydrogen-bond acceptors (Lipinski definition) is 6. The van der Waals surface area contributed by atoms with Gasteiger partial charge in [0, 0.05) is 0 Å². The number of halogens is 1. The maximum atomic E-state index is 12.4. The Morgan fingerprint density at radius 1 is 1.35 bits per heavy atom. The maximum Gasteiger partial charge on any atom is 0.342 e. The number of nitrogens with zero attached hydrogens (tertiary/aromatic N) is 1. The zero-order valence-corrected chi connectivity index (χ0v) is 13.6. The molecule has 0 spiro atoms. The quantitative estimate of drug-likeness (QED) is 0.674. The molecule has 1 fully saturated rings. The average molecular weight is 339 g/mol. The number of nitrogen functional groups attached to an aromatic ring is 1. The Bertz CT molecular complexity index is 639. The summed E-state index contributed by atoms with van der Waals surface area (Å²) in [4.78, 5) is 14.7. The van der Waals surface area contributed by atoms with Gasteiger partial charge in [-0.15, -0.1) is 0 Å². The molecule has 2 N–H and O–H groups in total. The molecule has 124 valence electrons. The lowest BCUT2D eigenvalue weighted by atomic mass is 9.98. The Morgan fingerprint density at radius 2 is 2.00 bits per heavy atom. The van der Waals surface area contributed by atoms with Gasteiger partial charge in [0.2, 0.25) is 0 Å². The molecule has 1 aromatic rings. The van der Waals surface area contributed by atoms with Gasteiger partial charge in [0.25, 0.3) is 0 Å². The van der Waals surface area contributed by atoms with Gasteiger partial charge in [-0.05, 0) is 45.0 Å². The van der Waals surface area contributed by atoms with Crippen molar-refractivity contribution in [3.05, 3.63) is 29.2 Å². The van der Waals surface area contributed by atoms with Crippen molar-refractivity contribution in [2.24, 2.45) is 5.92 Å². The average Bonchev–Trinajstić information content (AvgIpc) is 2.57. The van der Waals surface area contributed by atoms with Crippen LogP contribution in [0.1, 0.15) is 23.2 Å². The van der Waals surface area contributed by atoms with Crippen LogP contribution < -0.4 is 15.2 Å². The second-order valence-electron chi connectivity index (χ2n) is 5.83. The standard InChI is InChI=1S/C16H19ClN2O4/c1-19-4-2-10(3-5-19)9-23-16(20)11-8-12(17)13(18)15-14(11)21-6-7-22-15/h6-8,10H,2-5,9,18H2,1H3. The van der Waals surface area contributed by atoms with E-state index in [2.05, 4.69) is 11.9 Å². The Morgan fingerprint density at radius 3 is 2.70 bits per heavy atom. The van der Waals surface area contributed by atoms with E-state index in [1.54, 1.807) is 0 Å². The molecule has 2 aliphatic heterocycles. The molecule has 0 aromatic heterocycles. The Hall–Kier alpha value is -1.92. The van der Waals surface area contributed by atoms with Crippen LogP contribution in [0.4, 0.5) is 5.69 Å². The van der Waals surface area contributed by atoms with E-state index >= 15 is 0 Å². The van der Waals surface area contributed by atoms with Crippen molar-refractivity contribution in [1.29, 1.82) is 0 Å². The second kappa shape index (κ2) is 6.68. The molecule has 0 aliphatic carbocycles. The molecule has 0 bridgehead atoms. The number of carbonyl (C=O) groups excluding carboxylic acids is 1. The first-order chi connectivity index (χ1) is 11.1. The lowest BCUT2D eigenvalue weighted by Gasteiger charge is -2.28. The van der Waals surface area contributed by atoms with Gasteiger partial charge in [-0.3, -0.25) is 0 Å². The molecule has 3 rings (SSSR count). The summed E-state index contributed by atoms with van der Waals surface area (Å²) in [6, 6.07) is 1.45. The maximum absolute atomic E-state index is 12.4. The van der Waals surface area contributed by atoms with Crippen LogP contribution in [0, 0.1) is 5.92 Å². The number of hydrogen-bond donors (Lipinski definition) is 1. The van der Waals surface area contributed by atoms with Crippen LogP contribution in [0.25, 0.3) is 0 Å². The lowest BCUT2D eigenvalue weighted by molar-refractivity contribution is 0.0380. The molecule has 2 aliphatic rings. The zero-order chi connectivity index (χ0) is 16.4. The number of nitrogens with two attached hydrogens (primary N) is 1. The van der Waals surface area contributed by atoms with Crippen LogP contribution in [0.5, 0.6) is 11.5 Å². The van der Waals surface area contributed by atoms with Gasteiger partial charge in [-0.2, -0.15) is 0 Å². The van der Waals surface area contributed by atoms with E-state index in [1.165, 1.54) is 18.6 Å². The fourth-order valence-corrected chi connectivity index (χ4v) is 2.90. The predicted octanol–water partition coefficient (Wildman–Crippen LogP) is 2.66. The summed E-state index contributed by atoms with van der Waals surface area (Å²) in [6.45, 7) is 2.43. The van der Waals surface area contributed by atoms with Crippen molar-refractivity contribution in [2.75, 3.05) is 32.5 Å². The number of piperidine rings is 1. The van der Waals surface area contributed by atoms with Crippen LogP contribution in [-0.4, -0.2) is 37.6 Å². The molecule has 1 aromatic carbocycles. The number of ether oxygens (including phenoxy) is 3. The first-order valence-corrected chi connectivity index (χ1v) is 7.90. The molecule has 0 saturated carbocycles. The SMILES string of the molecule is CN1CCC(COC(=O)c2cc(Cl)c(N)c3c2OC=CO3)CC1. The number of fused-ring (bicyclic) bond motifs is 1. The minimum absolute atomic E-state index is 0.219. The van der Waals surface area contributed by atoms with E-state index in [4.69, 9.17) is 31.5 Å². The highest BCUT2D eigenvalue weighted by molar-refractivity contribution is 6.34. The van der Waals surface area contributed by atoms with E-state index in [0.717, 1.165) is 25.9 Å². The fourth-order valence-electron chi connectivity index (χ4n) is 2.70. The van der Waals surface area contributed by atoms with Crippen LogP contribution >= 0.6 is 11.6 Å². The van der Waals surface area contributed by atoms with Gasteiger partial charge >= 0.3 is 5.97 Å². The van der Waals surface area contributed by atoms with Crippen LogP contribution in [-0.2, 0) is 4.74 Å². The molecule has 7 heteroatoms. The number of likely N-dealkylation sites (tertiary alicyclic amines) is 1. The fraction of sp³-hybridized carbons (Fsp3) is 0.438. The Labute approximate surface area is 139 Å². The summed E-state index contributed by atoms with van der Waals surface area (Å²) in [5.74, 6) is 0.377. The van der Waals surface area contributed by atoms with Crippen molar-refractivity contribution in [2.45, 2.75) is 12.8 Å². The molecule has 2 heterocycles. The first-order valence-electron chi connectivity index (χ1n) is 7.52. The molecule has 0 unspecified atom stereocenters. The number of benzene rings is 1. The summed E-state index contributed by atoms with van der Waals surface area (Å²) in [5, 5.41) is 0.230. The number of anilines is 1. The Kier molecular flexibility index (Phi) is 4.63. The summed E-state index contributed by atoms with van der Waals surface area (Å²) in [5.41, 5.74) is 6.30. The Balaban J connectivity index is 1.72. The van der Waals surface area contributed by atoms with E-state index in [1.807, 2.05) is 0 Å². The number of rotatable bonds is 3. The van der Waals surface area contributed by atoms with E-state index in [9.17, 15) is 4.79 Å². The third-order valence-corrected chi connectivity index (χ3v) is 4.47. The molecule has 0 radical (unpaired) electrons. The van der Waals surface area contributed by atoms with Crippen molar-refractivity contribution in [1.82, 2.24) is 4.90 Å². The summed E-state index contributed by atoms with van der Waals surface area (Å²) < 4.78 is 16.1. The summed E-state index contributed by atoms with van der Waals surface area (Å²) in [6.07, 6.45) is 4.71. The third-order valence-electron chi connectivity index (χ3n) is 4.16. The van der Waals surface area contributed by atoms with Gasteiger partial charge < -0.3 is 24.8 Å². The second-order valence-corrected chi connectivity index (χ2v) is 6.24. The largest absolute Gasteiger partial charge is 0.462 e. The van der Waals surface area contributed by atoms with Crippen molar-refractivity contribution in [3.63, 3.8) is 0 Å². The molecular formula is C16H19ClN2O4. The number of esters is 1. The van der Waals surface area contributed by atoms with Gasteiger partial charge in [0.1, 0.15) is 18.1 Å². The molecule has 0 amide bonds. The van der Waals surface area contributed by atoms with Gasteiger partial charge in [0.05, 0.1) is 17.3 Å². The number of carbonyl (C=O) groups is 1. The van der Waals surface area contributed by atoms with E-state index in [0.29, 0.717) is 12.5 Å². The molecule has 1 saturated heterocycles. The molecule has 0 atom stereocenters. The van der Waals surface area contributed by atoms with Crippen LogP contribution in [0.2, 0.25) is 5.02 Å². The normalized spacial score (nSPS) is 18.0. The molecule has 6 nitrogen and oxygen atoms in total. The highest BCUT2D eigenvalue weighted by atomic mass is 35.5. The minimum atomic E-state index is -0.485. The zero-order valence-electron chi connectivity index (χ0n) is 12.9.